The van der Waals surface area contributed by atoms with Crippen LogP contribution >= 0.6 is 0 Å². The summed E-state index contributed by atoms with van der Waals surface area (Å²) in [5, 5.41) is 14.5. The zero-order valence-electron chi connectivity index (χ0n) is 12.5. The van der Waals surface area contributed by atoms with Crippen LogP contribution in [0.1, 0.15) is 19.8 Å². The van der Waals surface area contributed by atoms with Crippen LogP contribution in [0.5, 0.6) is 5.75 Å². The van der Waals surface area contributed by atoms with E-state index in [-0.39, 0.29) is 24.6 Å². The Morgan fingerprint density at radius 3 is 2.95 bits per heavy atom. The molecule has 2 atom stereocenters. The summed E-state index contributed by atoms with van der Waals surface area (Å²) in [5.74, 6) is -0.0201. The van der Waals surface area contributed by atoms with Gasteiger partial charge in [0.1, 0.15) is 11.6 Å². The van der Waals surface area contributed by atoms with Crippen LogP contribution in [-0.4, -0.2) is 30.4 Å². The normalized spacial score (nSPS) is 20.0. The van der Waals surface area contributed by atoms with Crippen LogP contribution in [0.15, 0.2) is 30.4 Å². The SMILES string of the molecule is CCCOc1cc(F)ccc1NC(=O)N[C@@H]1C=C[C@H](CO)C1. The maximum Gasteiger partial charge on any atom is 0.319 e. The zero-order valence-corrected chi connectivity index (χ0v) is 12.5. The second-order valence-corrected chi connectivity index (χ2v) is 5.26. The fourth-order valence-electron chi connectivity index (χ4n) is 2.27. The largest absolute Gasteiger partial charge is 0.491 e. The number of aliphatic hydroxyl groups is 1. The summed E-state index contributed by atoms with van der Waals surface area (Å²) in [7, 11) is 0. The van der Waals surface area contributed by atoms with E-state index in [9.17, 15) is 9.18 Å². The molecule has 0 aliphatic heterocycles. The molecule has 0 aromatic heterocycles. The van der Waals surface area contributed by atoms with Crippen LogP contribution in [0.3, 0.4) is 0 Å². The van der Waals surface area contributed by atoms with Crippen LogP contribution in [0.4, 0.5) is 14.9 Å². The number of anilines is 1. The molecule has 22 heavy (non-hydrogen) atoms. The second-order valence-electron chi connectivity index (χ2n) is 5.26. The topological polar surface area (TPSA) is 70.6 Å². The van der Waals surface area contributed by atoms with Crippen molar-refractivity contribution in [3.8, 4) is 5.75 Å². The molecule has 5 nitrogen and oxygen atoms in total. The molecule has 0 fully saturated rings. The van der Waals surface area contributed by atoms with Gasteiger partial charge in [-0.3, -0.25) is 0 Å². The molecule has 0 radical (unpaired) electrons. The lowest BCUT2D eigenvalue weighted by molar-refractivity contribution is 0.238. The minimum atomic E-state index is -0.415. The van der Waals surface area contributed by atoms with Gasteiger partial charge in [0, 0.05) is 24.6 Å². The number of hydrogen-bond donors (Lipinski definition) is 3. The minimum Gasteiger partial charge on any atom is -0.491 e. The summed E-state index contributed by atoms with van der Waals surface area (Å²) in [6.07, 6.45) is 5.21. The average molecular weight is 308 g/mol. The van der Waals surface area contributed by atoms with Gasteiger partial charge >= 0.3 is 6.03 Å². The van der Waals surface area contributed by atoms with Crippen LogP contribution in [0, 0.1) is 11.7 Å². The Morgan fingerprint density at radius 2 is 2.27 bits per heavy atom. The first-order valence-corrected chi connectivity index (χ1v) is 7.41. The first-order chi connectivity index (χ1) is 10.6. The molecule has 0 saturated heterocycles. The molecule has 1 aliphatic carbocycles. The lowest BCUT2D eigenvalue weighted by atomic mass is 10.1. The van der Waals surface area contributed by atoms with Crippen molar-refractivity contribution in [1.82, 2.24) is 5.32 Å². The molecule has 0 unspecified atom stereocenters. The van der Waals surface area contributed by atoms with Gasteiger partial charge in [0.2, 0.25) is 0 Å². The number of halogens is 1. The van der Waals surface area contributed by atoms with Gasteiger partial charge in [0.15, 0.2) is 0 Å². The minimum absolute atomic E-state index is 0.0727. The lowest BCUT2D eigenvalue weighted by Crippen LogP contribution is -2.36. The van der Waals surface area contributed by atoms with Crippen molar-refractivity contribution < 1.29 is 19.0 Å². The molecular weight excluding hydrogens is 287 g/mol. The van der Waals surface area contributed by atoms with Gasteiger partial charge in [-0.2, -0.15) is 0 Å². The molecule has 1 aromatic rings. The summed E-state index contributed by atoms with van der Waals surface area (Å²) in [6.45, 7) is 2.47. The predicted octanol–water partition coefficient (Wildman–Crippen LogP) is 2.67. The summed E-state index contributed by atoms with van der Waals surface area (Å²) in [4.78, 5) is 12.0. The third-order valence-corrected chi connectivity index (χ3v) is 3.38. The Labute approximate surface area is 129 Å². The Kier molecular flexibility index (Phi) is 5.77. The molecule has 0 spiro atoms. The molecule has 1 aromatic carbocycles. The average Bonchev–Trinajstić information content (AvgIpc) is 2.95. The van der Waals surface area contributed by atoms with Crippen LogP contribution in [-0.2, 0) is 0 Å². The molecule has 1 aliphatic rings. The number of benzene rings is 1. The molecule has 120 valence electrons. The van der Waals surface area contributed by atoms with Gasteiger partial charge in [-0.25, -0.2) is 9.18 Å². The fraction of sp³-hybridized carbons (Fsp3) is 0.438. The Hall–Kier alpha value is -2.08. The highest BCUT2D eigenvalue weighted by Crippen LogP contribution is 2.26. The quantitative estimate of drug-likeness (QED) is 0.708. The predicted molar refractivity (Wildman–Crippen MR) is 82.5 cm³/mol. The lowest BCUT2D eigenvalue weighted by Gasteiger charge is -2.16. The van der Waals surface area contributed by atoms with Gasteiger partial charge in [0.05, 0.1) is 12.3 Å². The number of nitrogens with one attached hydrogen (secondary N) is 2. The van der Waals surface area contributed by atoms with E-state index in [1.165, 1.54) is 18.2 Å². The van der Waals surface area contributed by atoms with Crippen LogP contribution in [0.2, 0.25) is 0 Å². The molecule has 6 heteroatoms. The third-order valence-electron chi connectivity index (χ3n) is 3.38. The highest BCUT2D eigenvalue weighted by molar-refractivity contribution is 5.91. The number of aliphatic hydroxyl groups excluding tert-OH is 1. The van der Waals surface area contributed by atoms with Gasteiger partial charge in [-0.15, -0.1) is 0 Å². The number of hydrogen-bond acceptors (Lipinski definition) is 3. The molecule has 0 bridgehead atoms. The van der Waals surface area contributed by atoms with Crippen molar-refractivity contribution in [2.45, 2.75) is 25.8 Å². The summed E-state index contributed by atoms with van der Waals surface area (Å²) in [5.41, 5.74) is 0.424. The highest BCUT2D eigenvalue weighted by Gasteiger charge is 2.20. The van der Waals surface area contributed by atoms with Crippen molar-refractivity contribution in [2.24, 2.45) is 5.92 Å². The summed E-state index contributed by atoms with van der Waals surface area (Å²) in [6, 6.07) is 3.49. The number of carbonyl (C=O) groups is 1. The van der Waals surface area contributed by atoms with E-state index in [1.54, 1.807) is 0 Å². The maximum atomic E-state index is 13.3. The number of carbonyl (C=O) groups excluding carboxylic acids is 1. The number of ether oxygens (including phenoxy) is 1. The molecule has 3 N–H and O–H groups in total. The maximum absolute atomic E-state index is 13.3. The second kappa shape index (κ2) is 7.79. The van der Waals surface area contributed by atoms with Crippen molar-refractivity contribution >= 4 is 11.7 Å². The van der Waals surface area contributed by atoms with E-state index in [0.29, 0.717) is 24.5 Å². The van der Waals surface area contributed by atoms with E-state index in [4.69, 9.17) is 9.84 Å². The van der Waals surface area contributed by atoms with E-state index in [0.717, 1.165) is 6.42 Å². The fourth-order valence-corrected chi connectivity index (χ4v) is 2.27. The van der Waals surface area contributed by atoms with Crippen LogP contribution in [0.25, 0.3) is 0 Å². The van der Waals surface area contributed by atoms with Crippen molar-refractivity contribution in [3.05, 3.63) is 36.2 Å². The molecule has 0 heterocycles. The first kappa shape index (κ1) is 16.3. The van der Waals surface area contributed by atoms with Gasteiger partial charge in [0.25, 0.3) is 0 Å². The van der Waals surface area contributed by atoms with E-state index in [2.05, 4.69) is 10.6 Å². The number of amides is 2. The summed E-state index contributed by atoms with van der Waals surface area (Å²) >= 11 is 0. The van der Waals surface area contributed by atoms with E-state index in [1.807, 2.05) is 19.1 Å². The Balaban J connectivity index is 1.95. The highest BCUT2D eigenvalue weighted by atomic mass is 19.1. The number of rotatable bonds is 6. The molecule has 2 rings (SSSR count). The Morgan fingerprint density at radius 1 is 1.45 bits per heavy atom. The van der Waals surface area contributed by atoms with Gasteiger partial charge < -0.3 is 20.5 Å². The number of urea groups is 1. The smallest absolute Gasteiger partial charge is 0.319 e. The van der Waals surface area contributed by atoms with E-state index >= 15 is 0 Å². The molecule has 0 saturated carbocycles. The zero-order chi connectivity index (χ0) is 15.9. The van der Waals surface area contributed by atoms with Crippen molar-refractivity contribution in [3.63, 3.8) is 0 Å². The standard InChI is InChI=1S/C16H21FN2O3/c1-2-7-22-15-9-12(17)4-6-14(15)19-16(21)18-13-5-3-11(8-13)10-20/h3-6,9,11,13,20H,2,7-8,10H2,1H3,(H2,18,19,21)/t11-,13+/m0/s1. The van der Waals surface area contributed by atoms with Crippen molar-refractivity contribution in [1.29, 1.82) is 0 Å². The van der Waals surface area contributed by atoms with Gasteiger partial charge in [-0.05, 0) is 25.0 Å². The van der Waals surface area contributed by atoms with Crippen molar-refractivity contribution in [2.75, 3.05) is 18.5 Å². The summed E-state index contributed by atoms with van der Waals surface area (Å²) < 4.78 is 18.7. The molecular formula is C16H21FN2O3. The monoisotopic (exact) mass is 308 g/mol. The molecule has 2 amide bonds. The third kappa shape index (κ3) is 4.46. The Bertz CT molecular complexity index is 548. The van der Waals surface area contributed by atoms with Crippen LogP contribution < -0.4 is 15.4 Å². The van der Waals surface area contributed by atoms with E-state index < -0.39 is 5.82 Å². The first-order valence-electron chi connectivity index (χ1n) is 7.41. The van der Waals surface area contributed by atoms with Gasteiger partial charge in [-0.1, -0.05) is 19.1 Å².